The Morgan fingerprint density at radius 3 is 2.22 bits per heavy atom. The van der Waals surface area contributed by atoms with E-state index < -0.39 is 0 Å². The van der Waals surface area contributed by atoms with Crippen molar-refractivity contribution >= 4 is 11.5 Å². The van der Waals surface area contributed by atoms with Gasteiger partial charge in [0.2, 0.25) is 5.75 Å². The maximum absolute atomic E-state index is 10.7. The van der Waals surface area contributed by atoms with Crippen molar-refractivity contribution in [2.24, 2.45) is 0 Å². The summed E-state index contributed by atoms with van der Waals surface area (Å²) in [6, 6.07) is 6.71. The summed E-state index contributed by atoms with van der Waals surface area (Å²) in [4.78, 5) is 4.03. The van der Waals surface area contributed by atoms with Crippen LogP contribution in [0.15, 0.2) is 30.5 Å². The molecule has 0 fully saturated rings. The van der Waals surface area contributed by atoms with Crippen LogP contribution in [0.2, 0.25) is 0 Å². The van der Waals surface area contributed by atoms with Crippen LogP contribution >= 0.6 is 0 Å². The number of aromatic nitrogens is 1. The predicted octanol–water partition coefficient (Wildman–Crippen LogP) is 2.41. The van der Waals surface area contributed by atoms with Gasteiger partial charge < -0.3 is 30.0 Å². The van der Waals surface area contributed by atoms with Crippen molar-refractivity contribution in [1.82, 2.24) is 4.98 Å². The summed E-state index contributed by atoms with van der Waals surface area (Å²) in [7, 11) is 4.65. The maximum atomic E-state index is 10.7. The van der Waals surface area contributed by atoms with E-state index in [1.807, 2.05) is 12.1 Å². The second kappa shape index (κ2) is 7.52. The summed E-state index contributed by atoms with van der Waals surface area (Å²) in [5.41, 5.74) is 0.960. The van der Waals surface area contributed by atoms with E-state index in [0.29, 0.717) is 29.6 Å². The molecule has 0 aliphatic heterocycles. The fourth-order valence-electron chi connectivity index (χ4n) is 2.03. The standard InChI is InChI=1S/C15H18N3O5/c1-21-12-6-10(7-13(22-2)15(12)23-3)8-16-14-5-4-11(9-17-14)18(19)20/h4-7,9,19H,8H2,1-3H3,(H,16,17)/q-1. The van der Waals surface area contributed by atoms with Gasteiger partial charge in [-0.15, -0.1) is 0 Å². The van der Waals surface area contributed by atoms with Gasteiger partial charge in [-0.05, 0) is 29.8 Å². The van der Waals surface area contributed by atoms with Crippen LogP contribution in [0, 0.1) is 5.21 Å². The molecule has 1 aromatic heterocycles. The van der Waals surface area contributed by atoms with E-state index in [9.17, 15) is 5.21 Å². The Kier molecular flexibility index (Phi) is 5.45. The molecule has 8 heteroatoms. The Bertz CT molecular complexity index is 621. The minimum Gasteiger partial charge on any atom is -0.733 e. The first-order chi connectivity index (χ1) is 11.1. The molecule has 1 aromatic carbocycles. The SMILES string of the molecule is COc1cc(CNc2ccc(N([O-])O)cn2)cc(OC)c1OC. The number of hydrogen-bond donors (Lipinski definition) is 2. The van der Waals surface area contributed by atoms with Crippen LogP contribution in [0.25, 0.3) is 0 Å². The number of nitrogens with zero attached hydrogens (tertiary/aromatic N) is 2. The van der Waals surface area contributed by atoms with Gasteiger partial charge in [0.1, 0.15) is 5.82 Å². The predicted molar refractivity (Wildman–Crippen MR) is 85.3 cm³/mol. The number of pyridine rings is 1. The molecule has 1 heterocycles. The van der Waals surface area contributed by atoms with Gasteiger partial charge in [-0.3, -0.25) is 5.21 Å². The molecule has 0 radical (unpaired) electrons. The molecular weight excluding hydrogens is 302 g/mol. The zero-order chi connectivity index (χ0) is 16.8. The molecule has 0 spiro atoms. The van der Waals surface area contributed by atoms with Gasteiger partial charge in [0, 0.05) is 6.54 Å². The molecule has 0 aliphatic rings. The fraction of sp³-hybridized carbons (Fsp3) is 0.267. The summed E-state index contributed by atoms with van der Waals surface area (Å²) in [5.74, 6) is 2.22. The number of nitrogens with one attached hydrogen (secondary N) is 1. The second-order valence-corrected chi connectivity index (χ2v) is 4.56. The lowest BCUT2D eigenvalue weighted by molar-refractivity contribution is 0.296. The van der Waals surface area contributed by atoms with Gasteiger partial charge >= 0.3 is 0 Å². The molecule has 0 saturated carbocycles. The Labute approximate surface area is 133 Å². The molecule has 0 bridgehead atoms. The van der Waals surface area contributed by atoms with Gasteiger partial charge in [0.05, 0.1) is 33.2 Å². The zero-order valence-electron chi connectivity index (χ0n) is 13.1. The number of benzene rings is 1. The lowest BCUT2D eigenvalue weighted by Gasteiger charge is -2.21. The van der Waals surface area contributed by atoms with Crippen LogP contribution in [0.5, 0.6) is 17.2 Å². The number of ether oxygens (including phenoxy) is 3. The molecule has 2 N–H and O–H groups in total. The average molecular weight is 320 g/mol. The Balaban J connectivity index is 2.13. The number of methoxy groups -OCH3 is 3. The molecule has 0 amide bonds. The molecule has 0 atom stereocenters. The molecule has 0 saturated heterocycles. The van der Waals surface area contributed by atoms with E-state index in [4.69, 9.17) is 19.4 Å². The summed E-state index contributed by atoms with van der Waals surface area (Å²) in [6.07, 6.45) is 1.27. The molecular formula is C15H18N3O5-. The lowest BCUT2D eigenvalue weighted by atomic mass is 10.1. The highest BCUT2D eigenvalue weighted by Gasteiger charge is 2.13. The van der Waals surface area contributed by atoms with Crippen LogP contribution in [-0.2, 0) is 6.54 Å². The van der Waals surface area contributed by atoms with Crippen molar-refractivity contribution in [2.75, 3.05) is 31.9 Å². The number of hydrogen-bond acceptors (Lipinski definition) is 8. The van der Waals surface area contributed by atoms with Gasteiger partial charge in [-0.25, -0.2) is 4.98 Å². The normalized spacial score (nSPS) is 10.1. The highest BCUT2D eigenvalue weighted by atomic mass is 16.8. The summed E-state index contributed by atoms with van der Waals surface area (Å²) in [5, 5.41) is 22.3. The topological polar surface area (TPSA) is 99.1 Å². The molecule has 0 aliphatic carbocycles. The molecule has 8 nitrogen and oxygen atoms in total. The Hall–Kier alpha value is -2.71. The largest absolute Gasteiger partial charge is 0.733 e. The van der Waals surface area contributed by atoms with Crippen molar-refractivity contribution < 1.29 is 19.4 Å². The smallest absolute Gasteiger partial charge is 0.203 e. The second-order valence-electron chi connectivity index (χ2n) is 4.56. The monoisotopic (exact) mass is 320 g/mol. The van der Waals surface area contributed by atoms with Crippen molar-refractivity contribution in [2.45, 2.75) is 6.54 Å². The van der Waals surface area contributed by atoms with Crippen LogP contribution in [0.3, 0.4) is 0 Å². The minimum atomic E-state index is -0.240. The molecule has 2 rings (SSSR count). The minimum absolute atomic E-state index is 0.0586. The Morgan fingerprint density at radius 1 is 1.13 bits per heavy atom. The van der Waals surface area contributed by atoms with E-state index in [2.05, 4.69) is 10.3 Å². The van der Waals surface area contributed by atoms with E-state index in [-0.39, 0.29) is 10.9 Å². The molecule has 0 unspecified atom stereocenters. The summed E-state index contributed by atoms with van der Waals surface area (Å²) in [6.45, 7) is 0.462. The Morgan fingerprint density at radius 2 is 1.78 bits per heavy atom. The molecule has 2 aromatic rings. The van der Waals surface area contributed by atoms with Gasteiger partial charge in [0.15, 0.2) is 11.5 Å². The third-order valence-electron chi connectivity index (χ3n) is 3.17. The van der Waals surface area contributed by atoms with Crippen molar-refractivity contribution in [3.63, 3.8) is 0 Å². The van der Waals surface area contributed by atoms with Crippen LogP contribution in [0.1, 0.15) is 5.56 Å². The van der Waals surface area contributed by atoms with Crippen LogP contribution in [0.4, 0.5) is 11.5 Å². The van der Waals surface area contributed by atoms with E-state index in [0.717, 1.165) is 5.56 Å². The summed E-state index contributed by atoms with van der Waals surface area (Å²) < 4.78 is 15.9. The van der Waals surface area contributed by atoms with Gasteiger partial charge in [-0.2, -0.15) is 0 Å². The van der Waals surface area contributed by atoms with Crippen LogP contribution in [-0.4, -0.2) is 31.5 Å². The number of rotatable bonds is 7. The number of anilines is 2. The first-order valence-corrected chi connectivity index (χ1v) is 6.74. The summed E-state index contributed by atoms with van der Waals surface area (Å²) >= 11 is 0. The first kappa shape index (κ1) is 16.7. The van der Waals surface area contributed by atoms with Gasteiger partial charge in [-0.1, -0.05) is 0 Å². The highest BCUT2D eigenvalue weighted by molar-refractivity contribution is 5.54. The zero-order valence-corrected chi connectivity index (χ0v) is 13.1. The van der Waals surface area contributed by atoms with Crippen molar-refractivity contribution in [3.05, 3.63) is 41.2 Å². The van der Waals surface area contributed by atoms with E-state index in [1.54, 1.807) is 27.4 Å². The fourth-order valence-corrected chi connectivity index (χ4v) is 2.03. The van der Waals surface area contributed by atoms with Crippen molar-refractivity contribution in [1.29, 1.82) is 0 Å². The molecule has 23 heavy (non-hydrogen) atoms. The third-order valence-corrected chi connectivity index (χ3v) is 3.17. The van der Waals surface area contributed by atoms with E-state index in [1.165, 1.54) is 12.3 Å². The maximum Gasteiger partial charge on any atom is 0.203 e. The molecule has 124 valence electrons. The third kappa shape index (κ3) is 3.93. The van der Waals surface area contributed by atoms with E-state index >= 15 is 0 Å². The van der Waals surface area contributed by atoms with Crippen molar-refractivity contribution in [3.8, 4) is 17.2 Å². The van der Waals surface area contributed by atoms with Crippen LogP contribution < -0.4 is 24.8 Å². The highest BCUT2D eigenvalue weighted by Crippen LogP contribution is 2.38. The first-order valence-electron chi connectivity index (χ1n) is 6.74. The lowest BCUT2D eigenvalue weighted by Crippen LogP contribution is -2.08. The quantitative estimate of drug-likeness (QED) is 0.750. The van der Waals surface area contributed by atoms with Gasteiger partial charge in [0.25, 0.3) is 0 Å². The average Bonchev–Trinajstić information content (AvgIpc) is 2.59.